The van der Waals surface area contributed by atoms with Gasteiger partial charge in [0.25, 0.3) is 0 Å². The largest absolute Gasteiger partial charge is 0.312 e. The molecule has 0 aliphatic rings. The molecule has 0 saturated carbocycles. The number of nitrogens with one attached hydrogen (secondary N) is 1. The summed E-state index contributed by atoms with van der Waals surface area (Å²) >= 11 is 1.43. The van der Waals surface area contributed by atoms with E-state index in [2.05, 4.69) is 11.2 Å². The molecule has 0 radical (unpaired) electrons. The molecule has 0 spiro atoms. The summed E-state index contributed by atoms with van der Waals surface area (Å²) in [6, 6.07) is 1.62. The zero-order valence-corrected chi connectivity index (χ0v) is 11.6. The summed E-state index contributed by atoms with van der Waals surface area (Å²) in [5.74, 6) is 2.33. The van der Waals surface area contributed by atoms with Gasteiger partial charge in [-0.3, -0.25) is 0 Å². The van der Waals surface area contributed by atoms with Gasteiger partial charge in [-0.1, -0.05) is 12.8 Å². The summed E-state index contributed by atoms with van der Waals surface area (Å²) in [5, 5.41) is 4.90. The Labute approximate surface area is 107 Å². The molecule has 0 amide bonds. The first-order valence-electron chi connectivity index (χ1n) is 5.21. The molecule has 17 heavy (non-hydrogen) atoms. The molecule has 0 unspecified atom stereocenters. The van der Waals surface area contributed by atoms with Crippen molar-refractivity contribution in [3.63, 3.8) is 0 Å². The average Bonchev–Trinajstić information content (AvgIpc) is 2.75. The summed E-state index contributed by atoms with van der Waals surface area (Å²) in [6.07, 6.45) is 5.13. The number of sulfonamides is 1. The third-order valence-corrected chi connectivity index (χ3v) is 5.18. The zero-order chi connectivity index (χ0) is 12.9. The van der Waals surface area contributed by atoms with Crippen molar-refractivity contribution in [2.45, 2.75) is 18.4 Å². The van der Waals surface area contributed by atoms with Crippen LogP contribution in [0.2, 0.25) is 0 Å². The van der Waals surface area contributed by atoms with E-state index in [1.807, 2.05) is 6.92 Å². The van der Waals surface area contributed by atoms with Gasteiger partial charge in [0.2, 0.25) is 10.0 Å². The van der Waals surface area contributed by atoms with E-state index in [0.29, 0.717) is 11.4 Å². The van der Waals surface area contributed by atoms with Crippen LogP contribution in [0.25, 0.3) is 0 Å². The van der Waals surface area contributed by atoms with Gasteiger partial charge in [-0.2, -0.15) is 4.31 Å². The van der Waals surface area contributed by atoms with E-state index in [-0.39, 0.29) is 6.54 Å². The van der Waals surface area contributed by atoms with Crippen LogP contribution >= 0.6 is 11.3 Å². The highest BCUT2D eigenvalue weighted by molar-refractivity contribution is 7.89. The number of hydrogen-bond acceptors (Lipinski definition) is 4. The van der Waals surface area contributed by atoms with E-state index in [1.54, 1.807) is 11.4 Å². The van der Waals surface area contributed by atoms with Crippen molar-refractivity contribution in [2.24, 2.45) is 0 Å². The van der Waals surface area contributed by atoms with Crippen LogP contribution in [-0.4, -0.2) is 32.9 Å². The van der Waals surface area contributed by atoms with Crippen molar-refractivity contribution in [1.82, 2.24) is 9.62 Å². The van der Waals surface area contributed by atoms with E-state index >= 15 is 0 Å². The molecule has 1 rings (SSSR count). The Balaban J connectivity index is 2.99. The first-order valence-corrected chi connectivity index (χ1v) is 7.53. The van der Waals surface area contributed by atoms with Gasteiger partial charge in [0, 0.05) is 18.5 Å². The smallest absolute Gasteiger partial charge is 0.244 e. The van der Waals surface area contributed by atoms with Crippen LogP contribution < -0.4 is 5.32 Å². The fourth-order valence-corrected chi connectivity index (χ4v) is 3.77. The van der Waals surface area contributed by atoms with E-state index in [4.69, 9.17) is 6.42 Å². The van der Waals surface area contributed by atoms with Crippen LogP contribution in [0.4, 0.5) is 0 Å². The lowest BCUT2D eigenvalue weighted by molar-refractivity contribution is 0.502. The van der Waals surface area contributed by atoms with Crippen molar-refractivity contribution >= 4 is 21.4 Å². The first-order chi connectivity index (χ1) is 8.04. The van der Waals surface area contributed by atoms with E-state index in [1.165, 1.54) is 22.7 Å². The second kappa shape index (κ2) is 6.17. The van der Waals surface area contributed by atoms with Crippen LogP contribution in [0.1, 0.15) is 11.8 Å². The predicted octanol–water partition coefficient (Wildman–Crippen LogP) is 1.11. The maximum absolute atomic E-state index is 12.2. The highest BCUT2D eigenvalue weighted by Crippen LogP contribution is 2.24. The van der Waals surface area contributed by atoms with Crippen LogP contribution in [0.5, 0.6) is 0 Å². The summed E-state index contributed by atoms with van der Waals surface area (Å²) in [5.41, 5.74) is 0. The number of nitrogens with zero attached hydrogens (tertiary/aromatic N) is 1. The number of hydrogen-bond donors (Lipinski definition) is 1. The van der Waals surface area contributed by atoms with Gasteiger partial charge in [0.05, 0.1) is 11.4 Å². The highest BCUT2D eigenvalue weighted by Gasteiger charge is 2.23. The van der Waals surface area contributed by atoms with Crippen molar-refractivity contribution in [2.75, 3.05) is 20.1 Å². The molecule has 0 aliphatic carbocycles. The molecule has 4 nitrogen and oxygen atoms in total. The molecule has 1 N–H and O–H groups in total. The van der Waals surface area contributed by atoms with Gasteiger partial charge >= 0.3 is 0 Å². The molecule has 0 bridgehead atoms. The summed E-state index contributed by atoms with van der Waals surface area (Å²) < 4.78 is 25.5. The Hall–Kier alpha value is -0.870. The normalized spacial score (nSPS) is 11.6. The molecule has 6 heteroatoms. The van der Waals surface area contributed by atoms with Gasteiger partial charge in [-0.05, 0) is 18.0 Å². The number of terminal acetylenes is 1. The first kappa shape index (κ1) is 14.2. The van der Waals surface area contributed by atoms with Crippen molar-refractivity contribution in [3.05, 3.63) is 16.3 Å². The number of rotatable bonds is 6. The van der Waals surface area contributed by atoms with Gasteiger partial charge in [0.1, 0.15) is 0 Å². The standard InChI is InChI=1S/C11H16N2O2S2/c1-4-7-13(3)17(14,15)11-6-8-16-10(11)9-12-5-2/h1,6,8,12H,5,7,9H2,2-3H3. The van der Waals surface area contributed by atoms with Crippen LogP contribution in [0.3, 0.4) is 0 Å². The third kappa shape index (κ3) is 3.30. The molecule has 0 fully saturated rings. The summed E-state index contributed by atoms with van der Waals surface area (Å²) in [7, 11) is -1.97. The minimum absolute atomic E-state index is 0.0822. The van der Waals surface area contributed by atoms with E-state index in [0.717, 1.165) is 11.4 Å². The Morgan fingerprint density at radius 2 is 2.29 bits per heavy atom. The minimum Gasteiger partial charge on any atom is -0.312 e. The SMILES string of the molecule is C#CCN(C)S(=O)(=O)c1ccsc1CNCC. The molecular weight excluding hydrogens is 256 g/mol. The van der Waals surface area contributed by atoms with Crippen LogP contribution in [0.15, 0.2) is 16.3 Å². The van der Waals surface area contributed by atoms with Gasteiger partial charge in [-0.25, -0.2) is 8.42 Å². The second-order valence-electron chi connectivity index (χ2n) is 3.45. The third-order valence-electron chi connectivity index (χ3n) is 2.24. The quantitative estimate of drug-likeness (QED) is 0.789. The maximum Gasteiger partial charge on any atom is 0.244 e. The van der Waals surface area contributed by atoms with Crippen molar-refractivity contribution in [3.8, 4) is 12.3 Å². The zero-order valence-electron chi connectivity index (χ0n) is 9.93. The topological polar surface area (TPSA) is 49.4 Å². The molecular formula is C11H16N2O2S2. The van der Waals surface area contributed by atoms with Crippen LogP contribution in [-0.2, 0) is 16.6 Å². The van der Waals surface area contributed by atoms with Gasteiger partial charge in [-0.15, -0.1) is 17.8 Å². The van der Waals surface area contributed by atoms with Crippen molar-refractivity contribution < 1.29 is 8.42 Å². The molecule has 0 aromatic carbocycles. The fourth-order valence-electron chi connectivity index (χ4n) is 1.31. The molecule has 0 atom stereocenters. The number of thiophene rings is 1. The van der Waals surface area contributed by atoms with E-state index < -0.39 is 10.0 Å². The highest BCUT2D eigenvalue weighted by atomic mass is 32.2. The predicted molar refractivity (Wildman–Crippen MR) is 70.3 cm³/mol. The second-order valence-corrected chi connectivity index (χ2v) is 6.47. The molecule has 1 aromatic rings. The van der Waals surface area contributed by atoms with E-state index in [9.17, 15) is 8.42 Å². The van der Waals surface area contributed by atoms with Gasteiger partial charge < -0.3 is 5.32 Å². The average molecular weight is 272 g/mol. The van der Waals surface area contributed by atoms with Crippen LogP contribution in [0, 0.1) is 12.3 Å². The lowest BCUT2D eigenvalue weighted by atomic mass is 10.4. The monoisotopic (exact) mass is 272 g/mol. The Morgan fingerprint density at radius 1 is 1.59 bits per heavy atom. The van der Waals surface area contributed by atoms with Gasteiger partial charge in [0.15, 0.2) is 0 Å². The molecule has 1 aromatic heterocycles. The Kier molecular flexibility index (Phi) is 5.15. The van der Waals surface area contributed by atoms with Crippen molar-refractivity contribution in [1.29, 1.82) is 0 Å². The minimum atomic E-state index is -3.46. The fraction of sp³-hybridized carbons (Fsp3) is 0.455. The molecule has 1 heterocycles. The molecule has 94 valence electrons. The molecule has 0 aliphatic heterocycles. The lowest BCUT2D eigenvalue weighted by Gasteiger charge is -2.14. The summed E-state index contributed by atoms with van der Waals surface area (Å²) in [6.45, 7) is 3.43. The molecule has 0 saturated heterocycles. The maximum atomic E-state index is 12.2. The lowest BCUT2D eigenvalue weighted by Crippen LogP contribution is -2.28. The summed E-state index contributed by atoms with van der Waals surface area (Å²) in [4.78, 5) is 1.16. The Morgan fingerprint density at radius 3 is 2.88 bits per heavy atom. The Bertz CT molecular complexity index is 500.